The summed E-state index contributed by atoms with van der Waals surface area (Å²) in [6.45, 7) is 2.18. The summed E-state index contributed by atoms with van der Waals surface area (Å²) < 4.78 is 12.9. The number of unbranched alkanes of at least 4 members (excludes halogenated alkanes) is 2. The van der Waals surface area contributed by atoms with Crippen molar-refractivity contribution >= 4 is 11.6 Å². The van der Waals surface area contributed by atoms with Crippen molar-refractivity contribution in [3.63, 3.8) is 0 Å². The Morgan fingerprint density at radius 1 is 1.38 bits per heavy atom. The molecule has 0 amide bonds. The van der Waals surface area contributed by atoms with Crippen LogP contribution in [0, 0.1) is 5.82 Å². The van der Waals surface area contributed by atoms with Gasteiger partial charge in [-0.15, -0.1) is 0 Å². The molecule has 3 heteroatoms. The summed E-state index contributed by atoms with van der Waals surface area (Å²) >= 11 is 6.04. The Bertz CT molecular complexity index is 328. The van der Waals surface area contributed by atoms with Crippen LogP contribution in [0.2, 0.25) is 5.02 Å². The van der Waals surface area contributed by atoms with Gasteiger partial charge >= 0.3 is 0 Å². The fourth-order valence-electron chi connectivity index (χ4n) is 1.84. The molecule has 0 aliphatic heterocycles. The normalized spacial score (nSPS) is 12.8. The van der Waals surface area contributed by atoms with Crippen molar-refractivity contribution in [3.8, 4) is 0 Å². The first-order valence-electron chi connectivity index (χ1n) is 5.81. The highest BCUT2D eigenvalue weighted by atomic mass is 35.5. The molecular formula is C13H19ClFN. The van der Waals surface area contributed by atoms with Crippen LogP contribution in [-0.4, -0.2) is 7.05 Å². The van der Waals surface area contributed by atoms with Gasteiger partial charge in [0.05, 0.1) is 0 Å². The molecule has 1 N–H and O–H groups in total. The van der Waals surface area contributed by atoms with E-state index in [-0.39, 0.29) is 11.9 Å². The minimum absolute atomic E-state index is 0.222. The summed E-state index contributed by atoms with van der Waals surface area (Å²) in [5.74, 6) is -0.280. The Morgan fingerprint density at radius 3 is 2.69 bits per heavy atom. The predicted molar refractivity (Wildman–Crippen MR) is 67.4 cm³/mol. The van der Waals surface area contributed by atoms with Crippen molar-refractivity contribution in [2.24, 2.45) is 0 Å². The van der Waals surface area contributed by atoms with Crippen molar-refractivity contribution in [1.29, 1.82) is 0 Å². The van der Waals surface area contributed by atoms with Gasteiger partial charge in [-0.2, -0.15) is 0 Å². The van der Waals surface area contributed by atoms with Crippen molar-refractivity contribution in [1.82, 2.24) is 5.32 Å². The van der Waals surface area contributed by atoms with Gasteiger partial charge in [0.2, 0.25) is 0 Å². The average molecular weight is 244 g/mol. The van der Waals surface area contributed by atoms with Gasteiger partial charge in [0.25, 0.3) is 0 Å². The average Bonchev–Trinajstić information content (AvgIpc) is 2.26. The molecule has 0 saturated carbocycles. The third-order valence-corrected chi connectivity index (χ3v) is 3.11. The predicted octanol–water partition coefficient (Wildman–Crippen LogP) is 4.32. The summed E-state index contributed by atoms with van der Waals surface area (Å²) in [4.78, 5) is 0. The lowest BCUT2D eigenvalue weighted by Gasteiger charge is -2.17. The number of nitrogens with one attached hydrogen (secondary N) is 1. The Hall–Kier alpha value is -0.600. The Kier molecular flexibility index (Phi) is 5.78. The smallest absolute Gasteiger partial charge is 0.124 e. The van der Waals surface area contributed by atoms with Gasteiger partial charge in [0.1, 0.15) is 5.82 Å². The quantitative estimate of drug-likeness (QED) is 0.734. The molecule has 0 spiro atoms. The highest BCUT2D eigenvalue weighted by Gasteiger charge is 2.12. The second-order valence-electron chi connectivity index (χ2n) is 4.00. The summed E-state index contributed by atoms with van der Waals surface area (Å²) in [6, 6.07) is 4.83. The number of rotatable bonds is 6. The largest absolute Gasteiger partial charge is 0.313 e. The molecule has 1 rings (SSSR count). The van der Waals surface area contributed by atoms with E-state index in [1.165, 1.54) is 25.0 Å². The molecule has 0 radical (unpaired) electrons. The van der Waals surface area contributed by atoms with Crippen LogP contribution in [-0.2, 0) is 0 Å². The minimum atomic E-state index is -0.280. The molecule has 1 nitrogen and oxygen atoms in total. The van der Waals surface area contributed by atoms with Crippen LogP contribution in [0.3, 0.4) is 0 Å². The molecule has 0 fully saturated rings. The van der Waals surface area contributed by atoms with Crippen LogP contribution < -0.4 is 5.32 Å². The number of halogens is 2. The van der Waals surface area contributed by atoms with E-state index in [2.05, 4.69) is 12.2 Å². The third kappa shape index (κ3) is 3.76. The van der Waals surface area contributed by atoms with E-state index in [0.717, 1.165) is 18.4 Å². The highest BCUT2D eigenvalue weighted by molar-refractivity contribution is 6.31. The fourth-order valence-corrected chi connectivity index (χ4v) is 2.14. The summed E-state index contributed by atoms with van der Waals surface area (Å²) in [6.07, 6.45) is 4.62. The molecule has 90 valence electrons. The van der Waals surface area contributed by atoms with Crippen LogP contribution in [0.25, 0.3) is 0 Å². The molecule has 1 aromatic rings. The van der Waals surface area contributed by atoms with Crippen LogP contribution in [0.1, 0.15) is 44.2 Å². The van der Waals surface area contributed by atoms with E-state index >= 15 is 0 Å². The van der Waals surface area contributed by atoms with Crippen molar-refractivity contribution in [2.75, 3.05) is 7.05 Å². The monoisotopic (exact) mass is 243 g/mol. The standard InChI is InChI=1S/C13H19ClFN/c1-3-4-5-6-13(16-2)11-8-7-10(15)9-12(11)14/h7-9,13,16H,3-6H2,1-2H3. The minimum Gasteiger partial charge on any atom is -0.313 e. The second-order valence-corrected chi connectivity index (χ2v) is 4.41. The van der Waals surface area contributed by atoms with Crippen LogP contribution in [0.4, 0.5) is 4.39 Å². The van der Waals surface area contributed by atoms with Crippen LogP contribution in [0.5, 0.6) is 0 Å². The SMILES string of the molecule is CCCCCC(NC)c1ccc(F)cc1Cl. The molecule has 0 heterocycles. The Balaban J connectivity index is 2.70. The molecular weight excluding hydrogens is 225 g/mol. The van der Waals surface area contributed by atoms with Gasteiger partial charge in [-0.05, 0) is 31.2 Å². The van der Waals surface area contributed by atoms with Crippen molar-refractivity contribution < 1.29 is 4.39 Å². The topological polar surface area (TPSA) is 12.0 Å². The molecule has 1 aromatic carbocycles. The van der Waals surface area contributed by atoms with E-state index in [0.29, 0.717) is 5.02 Å². The van der Waals surface area contributed by atoms with Gasteiger partial charge in [-0.25, -0.2) is 4.39 Å². The van der Waals surface area contributed by atoms with Crippen molar-refractivity contribution in [3.05, 3.63) is 34.6 Å². The molecule has 16 heavy (non-hydrogen) atoms. The van der Waals surface area contributed by atoms with Gasteiger partial charge in [0.15, 0.2) is 0 Å². The van der Waals surface area contributed by atoms with Crippen LogP contribution >= 0.6 is 11.6 Å². The lowest BCUT2D eigenvalue weighted by Crippen LogP contribution is -2.16. The second kappa shape index (κ2) is 6.87. The van der Waals surface area contributed by atoms with Crippen molar-refractivity contribution in [2.45, 2.75) is 38.6 Å². The lowest BCUT2D eigenvalue weighted by molar-refractivity contribution is 0.511. The maximum absolute atomic E-state index is 12.9. The first kappa shape index (κ1) is 13.5. The van der Waals surface area contributed by atoms with E-state index in [1.807, 2.05) is 7.05 Å². The fraction of sp³-hybridized carbons (Fsp3) is 0.538. The lowest BCUT2D eigenvalue weighted by atomic mass is 10.0. The molecule has 0 bridgehead atoms. The number of hydrogen-bond donors (Lipinski definition) is 1. The van der Waals surface area contributed by atoms with E-state index in [4.69, 9.17) is 11.6 Å². The summed E-state index contributed by atoms with van der Waals surface area (Å²) in [5, 5.41) is 3.74. The molecule has 0 aromatic heterocycles. The van der Waals surface area contributed by atoms with E-state index in [1.54, 1.807) is 6.07 Å². The number of hydrogen-bond acceptors (Lipinski definition) is 1. The maximum Gasteiger partial charge on any atom is 0.124 e. The molecule has 0 aliphatic carbocycles. The molecule has 1 atom stereocenters. The zero-order chi connectivity index (χ0) is 12.0. The summed E-state index contributed by atoms with van der Waals surface area (Å²) in [5.41, 5.74) is 0.988. The zero-order valence-corrected chi connectivity index (χ0v) is 10.6. The van der Waals surface area contributed by atoms with E-state index < -0.39 is 0 Å². The number of benzene rings is 1. The van der Waals surface area contributed by atoms with Crippen LogP contribution in [0.15, 0.2) is 18.2 Å². The molecule has 0 saturated heterocycles. The molecule has 1 unspecified atom stereocenters. The molecule has 0 aliphatic rings. The maximum atomic E-state index is 12.9. The first-order valence-corrected chi connectivity index (χ1v) is 6.19. The highest BCUT2D eigenvalue weighted by Crippen LogP contribution is 2.27. The first-order chi connectivity index (χ1) is 7.69. The van der Waals surface area contributed by atoms with Gasteiger partial charge in [-0.3, -0.25) is 0 Å². The van der Waals surface area contributed by atoms with Gasteiger partial charge < -0.3 is 5.32 Å². The Labute approximate surface area is 102 Å². The van der Waals surface area contributed by atoms with Gasteiger partial charge in [-0.1, -0.05) is 43.9 Å². The van der Waals surface area contributed by atoms with E-state index in [9.17, 15) is 4.39 Å². The summed E-state index contributed by atoms with van der Waals surface area (Å²) in [7, 11) is 1.91. The zero-order valence-electron chi connectivity index (χ0n) is 9.89. The third-order valence-electron chi connectivity index (χ3n) is 2.78. The van der Waals surface area contributed by atoms with Gasteiger partial charge in [0, 0.05) is 11.1 Å². The Morgan fingerprint density at radius 2 is 2.12 bits per heavy atom.